The maximum atomic E-state index is 11.2. The van der Waals surface area contributed by atoms with Crippen molar-refractivity contribution in [1.29, 1.82) is 0 Å². The molecule has 0 aliphatic heterocycles. The van der Waals surface area contributed by atoms with Gasteiger partial charge in [-0.05, 0) is 36.8 Å². The zero-order valence-electron chi connectivity index (χ0n) is 10.8. The average molecular weight is 284 g/mol. The third kappa shape index (κ3) is 2.40. The number of nitrogens with one attached hydrogen (secondary N) is 1. The van der Waals surface area contributed by atoms with E-state index in [0.29, 0.717) is 10.1 Å². The molecule has 0 amide bonds. The van der Waals surface area contributed by atoms with Crippen LogP contribution in [0.3, 0.4) is 0 Å². The second-order valence-electron chi connectivity index (χ2n) is 4.47. The third-order valence-corrected chi connectivity index (χ3v) is 3.90. The molecule has 20 heavy (non-hydrogen) atoms. The Bertz CT molecular complexity index is 795. The normalized spacial score (nSPS) is 10.8. The highest BCUT2D eigenvalue weighted by atomic mass is 32.2. The lowest BCUT2D eigenvalue weighted by molar-refractivity contribution is 0.0693. The van der Waals surface area contributed by atoms with Crippen molar-refractivity contribution in [1.82, 2.24) is 9.97 Å². The van der Waals surface area contributed by atoms with Crippen LogP contribution >= 0.6 is 11.8 Å². The van der Waals surface area contributed by atoms with Crippen LogP contribution < -0.4 is 0 Å². The Morgan fingerprint density at radius 3 is 2.85 bits per heavy atom. The second-order valence-corrected chi connectivity index (χ2v) is 5.50. The first kappa shape index (κ1) is 12.7. The third-order valence-electron chi connectivity index (χ3n) is 2.94. The van der Waals surface area contributed by atoms with Crippen molar-refractivity contribution < 1.29 is 9.90 Å². The number of hydrogen-bond acceptors (Lipinski definition) is 3. The van der Waals surface area contributed by atoms with E-state index in [0.717, 1.165) is 16.6 Å². The summed E-state index contributed by atoms with van der Waals surface area (Å²) in [6, 6.07) is 12.9. The number of H-pyrrole nitrogens is 1. The number of nitrogens with zero attached hydrogens (tertiary/aromatic N) is 1. The Morgan fingerprint density at radius 2 is 2.05 bits per heavy atom. The van der Waals surface area contributed by atoms with Gasteiger partial charge < -0.3 is 10.1 Å². The summed E-state index contributed by atoms with van der Waals surface area (Å²) in [5, 5.41) is 9.87. The van der Waals surface area contributed by atoms with E-state index in [1.807, 2.05) is 31.2 Å². The summed E-state index contributed by atoms with van der Waals surface area (Å²) in [6.07, 6.45) is 0. The van der Waals surface area contributed by atoms with Gasteiger partial charge in [0.25, 0.3) is 0 Å². The summed E-state index contributed by atoms with van der Waals surface area (Å²) in [4.78, 5) is 19.5. The maximum absolute atomic E-state index is 11.2. The molecular weight excluding hydrogens is 272 g/mol. The van der Waals surface area contributed by atoms with Gasteiger partial charge in [-0.1, -0.05) is 30.0 Å². The summed E-state index contributed by atoms with van der Waals surface area (Å²) in [5.41, 5.74) is 3.28. The molecule has 100 valence electrons. The smallest absolute Gasteiger partial charge is 0.336 e. The van der Waals surface area contributed by atoms with Crippen LogP contribution in [0.15, 0.2) is 52.5 Å². The van der Waals surface area contributed by atoms with Crippen LogP contribution in [0, 0.1) is 6.92 Å². The van der Waals surface area contributed by atoms with Gasteiger partial charge in [-0.2, -0.15) is 0 Å². The number of benzene rings is 2. The Hall–Kier alpha value is -2.27. The minimum absolute atomic E-state index is 0.286. The molecule has 0 spiro atoms. The van der Waals surface area contributed by atoms with Crippen molar-refractivity contribution in [2.24, 2.45) is 0 Å². The van der Waals surface area contributed by atoms with E-state index in [2.05, 4.69) is 9.97 Å². The number of aromatic nitrogens is 2. The molecule has 0 unspecified atom stereocenters. The van der Waals surface area contributed by atoms with Gasteiger partial charge in [0.2, 0.25) is 0 Å². The summed E-state index contributed by atoms with van der Waals surface area (Å²) >= 11 is 1.33. The second kappa shape index (κ2) is 5.02. The Balaban J connectivity index is 1.99. The van der Waals surface area contributed by atoms with E-state index in [9.17, 15) is 9.90 Å². The van der Waals surface area contributed by atoms with Crippen LogP contribution in [0.5, 0.6) is 0 Å². The number of fused-ring (bicyclic) bond motifs is 1. The molecule has 0 aliphatic carbocycles. The number of carboxylic acid groups (broad SMARTS) is 1. The number of aromatic carboxylic acids is 1. The summed E-state index contributed by atoms with van der Waals surface area (Å²) in [5.74, 6) is -0.931. The summed E-state index contributed by atoms with van der Waals surface area (Å²) < 4.78 is 0. The highest BCUT2D eigenvalue weighted by Crippen LogP contribution is 2.30. The molecule has 4 nitrogen and oxygen atoms in total. The van der Waals surface area contributed by atoms with Crippen LogP contribution in [0.2, 0.25) is 0 Å². The molecule has 2 aromatic carbocycles. The van der Waals surface area contributed by atoms with Crippen molar-refractivity contribution in [3.8, 4) is 0 Å². The minimum atomic E-state index is -0.931. The lowest BCUT2D eigenvalue weighted by Gasteiger charge is -2.02. The molecule has 0 atom stereocenters. The van der Waals surface area contributed by atoms with Gasteiger partial charge in [0.1, 0.15) is 0 Å². The van der Waals surface area contributed by atoms with Gasteiger partial charge in [0, 0.05) is 4.90 Å². The first-order chi connectivity index (χ1) is 9.63. The van der Waals surface area contributed by atoms with Crippen LogP contribution in [0.25, 0.3) is 11.0 Å². The van der Waals surface area contributed by atoms with E-state index in [4.69, 9.17) is 0 Å². The number of carbonyl (C=O) groups is 1. The highest BCUT2D eigenvalue weighted by molar-refractivity contribution is 7.99. The van der Waals surface area contributed by atoms with E-state index < -0.39 is 5.97 Å². The lowest BCUT2D eigenvalue weighted by Crippen LogP contribution is -1.98. The molecule has 2 N–H and O–H groups in total. The summed E-state index contributed by atoms with van der Waals surface area (Å²) in [6.45, 7) is 2.02. The van der Waals surface area contributed by atoms with E-state index >= 15 is 0 Å². The standard InChI is InChI=1S/C15H12N2O2S/c1-9-6-7-11-12(8-9)17-15(16-11)20-13-5-3-2-4-10(13)14(18)19/h2-8H,1H3,(H,16,17)(H,18,19). The van der Waals surface area contributed by atoms with E-state index in [1.165, 1.54) is 11.8 Å². The largest absolute Gasteiger partial charge is 0.478 e. The molecule has 0 radical (unpaired) electrons. The van der Waals surface area contributed by atoms with Crippen LogP contribution in [0.1, 0.15) is 15.9 Å². The Kier molecular flexibility index (Phi) is 3.20. The molecule has 0 bridgehead atoms. The van der Waals surface area contributed by atoms with Gasteiger partial charge in [-0.25, -0.2) is 9.78 Å². The zero-order valence-corrected chi connectivity index (χ0v) is 11.6. The van der Waals surface area contributed by atoms with Crippen molar-refractivity contribution >= 4 is 28.8 Å². The van der Waals surface area contributed by atoms with E-state index in [-0.39, 0.29) is 5.56 Å². The number of imidazole rings is 1. The van der Waals surface area contributed by atoms with Gasteiger partial charge in [0.15, 0.2) is 5.16 Å². The van der Waals surface area contributed by atoms with E-state index in [1.54, 1.807) is 18.2 Å². The molecule has 5 heteroatoms. The van der Waals surface area contributed by atoms with Crippen molar-refractivity contribution in [2.75, 3.05) is 0 Å². The predicted octanol–water partition coefficient (Wildman–Crippen LogP) is 3.72. The first-order valence-electron chi connectivity index (χ1n) is 6.10. The highest BCUT2D eigenvalue weighted by Gasteiger charge is 2.12. The lowest BCUT2D eigenvalue weighted by atomic mass is 10.2. The molecule has 1 heterocycles. The molecule has 3 rings (SSSR count). The van der Waals surface area contributed by atoms with Gasteiger partial charge in [0.05, 0.1) is 16.6 Å². The van der Waals surface area contributed by atoms with Crippen LogP contribution in [-0.2, 0) is 0 Å². The monoisotopic (exact) mass is 284 g/mol. The number of rotatable bonds is 3. The Morgan fingerprint density at radius 1 is 1.25 bits per heavy atom. The van der Waals surface area contributed by atoms with Crippen LogP contribution in [-0.4, -0.2) is 21.0 Å². The van der Waals surface area contributed by atoms with Gasteiger partial charge >= 0.3 is 5.97 Å². The molecule has 1 aromatic heterocycles. The fraction of sp³-hybridized carbons (Fsp3) is 0.0667. The first-order valence-corrected chi connectivity index (χ1v) is 6.92. The van der Waals surface area contributed by atoms with Gasteiger partial charge in [-0.3, -0.25) is 0 Å². The van der Waals surface area contributed by atoms with Crippen LogP contribution in [0.4, 0.5) is 0 Å². The molecular formula is C15H12N2O2S. The number of hydrogen-bond donors (Lipinski definition) is 2. The van der Waals surface area contributed by atoms with Crippen molar-refractivity contribution in [3.05, 3.63) is 53.6 Å². The molecule has 3 aromatic rings. The topological polar surface area (TPSA) is 66.0 Å². The summed E-state index contributed by atoms with van der Waals surface area (Å²) in [7, 11) is 0. The van der Waals surface area contributed by atoms with Crippen molar-refractivity contribution in [3.63, 3.8) is 0 Å². The molecule has 0 saturated carbocycles. The minimum Gasteiger partial charge on any atom is -0.478 e. The Labute approximate surface area is 119 Å². The molecule has 0 fully saturated rings. The number of aryl methyl sites for hydroxylation is 1. The number of aromatic amines is 1. The number of carboxylic acids is 1. The van der Waals surface area contributed by atoms with Crippen molar-refractivity contribution in [2.45, 2.75) is 17.0 Å². The molecule has 0 saturated heterocycles. The maximum Gasteiger partial charge on any atom is 0.336 e. The predicted molar refractivity (Wildman–Crippen MR) is 78.4 cm³/mol. The SMILES string of the molecule is Cc1ccc2nc(Sc3ccccc3C(=O)O)[nH]c2c1. The zero-order chi connectivity index (χ0) is 14.1. The fourth-order valence-corrected chi connectivity index (χ4v) is 2.91. The quantitative estimate of drug-likeness (QED) is 0.769. The molecule has 0 aliphatic rings. The average Bonchev–Trinajstić information content (AvgIpc) is 2.80. The van der Waals surface area contributed by atoms with Gasteiger partial charge in [-0.15, -0.1) is 0 Å². The fourth-order valence-electron chi connectivity index (χ4n) is 1.98.